The number of ether oxygens (including phenoxy) is 2. The molecule has 1 aliphatic carbocycles. The number of benzene rings is 5. The molecular formula is C67H61Cl4N11O4. The zero-order valence-corrected chi connectivity index (χ0v) is 50.1. The summed E-state index contributed by atoms with van der Waals surface area (Å²) in [7, 11) is 1.59. The van der Waals surface area contributed by atoms with Crippen LogP contribution in [0, 0.1) is 0 Å². The number of imidazole rings is 1. The SMILES string of the molecule is COc1nc(-c2cc(COc3nc(-c4cccc(-c5cccc(-c6ccc7ncc(CNC[C@@H]8CCC(=O)N8)n7c6)c5Cl)c4Cl)ccc3CNC[C@@H]3CCC(=O)N3)cc(-c3cccc(-c4ccc5c(c4)[C@H](N)CC5)c3Cl)c2Cl)ccc1C1=NCCN1. The van der Waals surface area contributed by atoms with E-state index >= 15 is 0 Å². The van der Waals surface area contributed by atoms with Gasteiger partial charge in [0.15, 0.2) is 0 Å². The Morgan fingerprint density at radius 3 is 1.94 bits per heavy atom. The monoisotopic (exact) mass is 1220 g/mol. The number of carbonyl (C=O) groups excluding carboxylic acids is 2. The lowest BCUT2D eigenvalue weighted by Gasteiger charge is -2.19. The molecule has 19 heteroatoms. The van der Waals surface area contributed by atoms with Crippen LogP contribution in [0.3, 0.4) is 0 Å². The molecule has 436 valence electrons. The summed E-state index contributed by atoms with van der Waals surface area (Å²) in [5, 5.41) is 18.4. The topological polar surface area (TPSA) is 194 Å². The van der Waals surface area contributed by atoms with Crippen LogP contribution < -0.4 is 41.8 Å². The summed E-state index contributed by atoms with van der Waals surface area (Å²) in [6.07, 6.45) is 8.40. The van der Waals surface area contributed by atoms with E-state index in [2.05, 4.69) is 59.2 Å². The van der Waals surface area contributed by atoms with Crippen molar-refractivity contribution in [3.8, 4) is 78.8 Å². The fourth-order valence-electron chi connectivity index (χ4n) is 12.1. The van der Waals surface area contributed by atoms with E-state index in [1.807, 2.05) is 116 Å². The number of aliphatic imine (C=N–C) groups is 1. The van der Waals surface area contributed by atoms with Crippen molar-refractivity contribution in [2.45, 2.75) is 76.3 Å². The molecule has 2 saturated heterocycles. The van der Waals surface area contributed by atoms with Gasteiger partial charge in [0.25, 0.3) is 0 Å². The van der Waals surface area contributed by atoms with Crippen molar-refractivity contribution in [1.82, 2.24) is 45.9 Å². The Balaban J connectivity index is 0.842. The highest BCUT2D eigenvalue weighted by atomic mass is 35.5. The molecule has 3 aliphatic heterocycles. The maximum absolute atomic E-state index is 12.1. The second-order valence-corrected chi connectivity index (χ2v) is 23.7. The number of hydrogen-bond donors (Lipinski definition) is 6. The first-order chi connectivity index (χ1) is 41.9. The summed E-state index contributed by atoms with van der Waals surface area (Å²) < 4.78 is 14.8. The Bertz CT molecular complexity index is 4170. The number of amidine groups is 1. The van der Waals surface area contributed by atoms with Gasteiger partial charge >= 0.3 is 0 Å². The highest BCUT2D eigenvalue weighted by molar-refractivity contribution is 6.40. The number of pyridine rings is 3. The van der Waals surface area contributed by atoms with Crippen LogP contribution in [0.5, 0.6) is 11.8 Å². The lowest BCUT2D eigenvalue weighted by atomic mass is 9.93. The Hall–Kier alpha value is -7.86. The number of aryl methyl sites for hydroxylation is 1. The van der Waals surface area contributed by atoms with Crippen molar-refractivity contribution in [3.05, 3.63) is 187 Å². The van der Waals surface area contributed by atoms with E-state index in [-0.39, 0.29) is 36.5 Å². The summed E-state index contributed by atoms with van der Waals surface area (Å²) in [5.41, 5.74) is 22.0. The number of aromatic nitrogens is 4. The average molecular weight is 1230 g/mol. The van der Waals surface area contributed by atoms with Crippen LogP contribution in [0.15, 0.2) is 139 Å². The van der Waals surface area contributed by atoms with Crippen LogP contribution in [0.4, 0.5) is 0 Å². The lowest BCUT2D eigenvalue weighted by molar-refractivity contribution is -0.120. The maximum atomic E-state index is 12.1. The Morgan fingerprint density at radius 2 is 1.24 bits per heavy atom. The third kappa shape index (κ3) is 11.6. The van der Waals surface area contributed by atoms with Gasteiger partial charge in [-0.05, 0) is 102 Å². The van der Waals surface area contributed by atoms with Crippen molar-refractivity contribution in [2.75, 3.05) is 33.3 Å². The van der Waals surface area contributed by atoms with Crippen molar-refractivity contribution >= 4 is 69.7 Å². The largest absolute Gasteiger partial charge is 0.480 e. The highest BCUT2D eigenvalue weighted by Gasteiger charge is 2.26. The number of fused-ring (bicyclic) bond motifs is 2. The highest BCUT2D eigenvalue weighted by Crippen LogP contribution is 2.46. The molecule has 0 saturated carbocycles. The zero-order valence-electron chi connectivity index (χ0n) is 47.1. The number of rotatable bonds is 19. The minimum atomic E-state index is -0.0281. The number of methoxy groups -OCH3 is 1. The minimum Gasteiger partial charge on any atom is -0.480 e. The number of halogens is 4. The number of hydrogen-bond acceptors (Lipinski definition) is 12. The number of nitrogens with zero attached hydrogens (tertiary/aromatic N) is 5. The van der Waals surface area contributed by atoms with Crippen LogP contribution in [-0.4, -0.2) is 82.4 Å². The molecule has 7 heterocycles. The standard InChI is InChI=1S/C67H61Cl4N11O4/c1-85-67-51(65-75-25-26-76-65)18-21-57(81-67)54-28-37(27-53(64(54)71)49-9-2-5-45(61(49)68)39-12-11-38-13-19-55(72)52(38)29-39)36-86-66-40(30-73-31-42-16-23-59(83)78-42)14-20-56(80-66)50-10-4-8-48(63(50)70)47-7-3-6-46(62(47)69)41-15-22-58-77-34-44(82(58)35-41)33-74-32-43-17-24-60(84)79-43/h2-12,14-15,18,20-22,27-29,34-35,42-43,55,73-74H,13,16-17,19,23-26,30-33,36,72H2,1H3,(H,75,76)(H,78,83)(H,79,84)/t42-,43-,55+/m0/s1. The number of carbonyl (C=O) groups is 2. The first-order valence-electron chi connectivity index (χ1n) is 29.0. The molecule has 2 fully saturated rings. The minimum absolute atomic E-state index is 0.0126. The van der Waals surface area contributed by atoms with Crippen molar-refractivity contribution < 1.29 is 19.1 Å². The van der Waals surface area contributed by atoms with Gasteiger partial charge in [0.1, 0.15) is 18.1 Å². The Morgan fingerprint density at radius 1 is 0.628 bits per heavy atom. The molecule has 0 bridgehead atoms. The van der Waals surface area contributed by atoms with Gasteiger partial charge in [-0.1, -0.05) is 119 Å². The van der Waals surface area contributed by atoms with Gasteiger partial charge in [0, 0.05) is 120 Å². The molecule has 5 aromatic carbocycles. The third-order valence-corrected chi connectivity index (χ3v) is 18.2. The summed E-state index contributed by atoms with van der Waals surface area (Å²) in [6.45, 7) is 3.66. The molecule has 4 aliphatic rings. The van der Waals surface area contributed by atoms with Crippen LogP contribution >= 0.6 is 46.4 Å². The average Bonchev–Trinajstić information content (AvgIpc) is 1.30. The maximum Gasteiger partial charge on any atom is 0.224 e. The third-order valence-electron chi connectivity index (χ3n) is 16.6. The zero-order chi connectivity index (χ0) is 59.0. The van der Waals surface area contributed by atoms with Crippen molar-refractivity contribution in [2.24, 2.45) is 10.7 Å². The molecule has 9 aromatic rings. The first kappa shape index (κ1) is 57.2. The van der Waals surface area contributed by atoms with Crippen molar-refractivity contribution in [3.63, 3.8) is 0 Å². The van der Waals surface area contributed by atoms with Crippen molar-refractivity contribution in [1.29, 1.82) is 0 Å². The Kier molecular flexibility index (Phi) is 16.5. The summed E-state index contributed by atoms with van der Waals surface area (Å²) in [4.78, 5) is 43.5. The Labute approximate surface area is 518 Å². The molecule has 2 amide bonds. The van der Waals surface area contributed by atoms with E-state index in [1.54, 1.807) is 7.11 Å². The molecule has 86 heavy (non-hydrogen) atoms. The number of nitrogens with one attached hydrogen (secondary N) is 5. The molecule has 15 nitrogen and oxygen atoms in total. The van der Waals surface area contributed by atoms with E-state index in [0.29, 0.717) is 105 Å². The van der Waals surface area contributed by atoms with Gasteiger partial charge in [-0.3, -0.25) is 14.6 Å². The normalized spacial score (nSPS) is 17.2. The summed E-state index contributed by atoms with van der Waals surface area (Å²) in [6, 6.07) is 40.1. The fraction of sp³-hybridized carbons (Fsp3) is 0.254. The molecule has 7 N–H and O–H groups in total. The molecule has 0 spiro atoms. The quantitative estimate of drug-likeness (QED) is 0.0451. The van der Waals surface area contributed by atoms with Gasteiger partial charge in [0.2, 0.25) is 23.6 Å². The molecule has 0 unspecified atom stereocenters. The van der Waals surface area contributed by atoms with E-state index < -0.39 is 0 Å². The number of nitrogens with two attached hydrogens (primary N) is 1. The van der Waals surface area contributed by atoms with Crippen LogP contribution in [0.1, 0.15) is 71.7 Å². The smallest absolute Gasteiger partial charge is 0.224 e. The molecule has 3 atom stereocenters. The molecular weight excluding hydrogens is 1160 g/mol. The van der Waals surface area contributed by atoms with E-state index in [0.717, 1.165) is 111 Å². The molecule has 13 rings (SSSR count). The van der Waals surface area contributed by atoms with Crippen LogP contribution in [0.2, 0.25) is 20.1 Å². The van der Waals surface area contributed by atoms with E-state index in [9.17, 15) is 9.59 Å². The second-order valence-electron chi connectivity index (χ2n) is 22.2. The van der Waals surface area contributed by atoms with Gasteiger partial charge in [0.05, 0.1) is 62.6 Å². The van der Waals surface area contributed by atoms with Gasteiger partial charge in [-0.15, -0.1) is 0 Å². The van der Waals surface area contributed by atoms with Gasteiger partial charge in [-0.25, -0.2) is 15.0 Å². The van der Waals surface area contributed by atoms with Gasteiger partial charge in [-0.2, -0.15) is 0 Å². The van der Waals surface area contributed by atoms with Crippen LogP contribution in [-0.2, 0) is 35.7 Å². The summed E-state index contributed by atoms with van der Waals surface area (Å²) >= 11 is 30.0. The predicted molar refractivity (Wildman–Crippen MR) is 341 cm³/mol. The predicted octanol–water partition coefficient (Wildman–Crippen LogP) is 12.4. The van der Waals surface area contributed by atoms with E-state index in [4.69, 9.17) is 71.6 Å². The van der Waals surface area contributed by atoms with E-state index in [1.165, 1.54) is 5.56 Å². The number of amides is 2. The molecule has 4 aromatic heterocycles. The first-order valence-corrected chi connectivity index (χ1v) is 30.5. The second kappa shape index (κ2) is 24.9. The fourth-order valence-corrected chi connectivity index (χ4v) is 13.4. The van der Waals surface area contributed by atoms with Gasteiger partial charge < -0.3 is 46.2 Å². The molecule has 0 radical (unpaired) electrons. The summed E-state index contributed by atoms with van der Waals surface area (Å²) in [5.74, 6) is 1.64. The lowest BCUT2D eigenvalue weighted by Crippen LogP contribution is -2.35. The van der Waals surface area contributed by atoms with Crippen LogP contribution in [0.25, 0.3) is 72.7 Å².